The molecule has 1 aliphatic carbocycles. The molecule has 1 aliphatic rings. The van der Waals surface area contributed by atoms with Crippen LogP contribution in [0.25, 0.3) is 0 Å². The highest BCUT2D eigenvalue weighted by Crippen LogP contribution is 2.51. The summed E-state index contributed by atoms with van der Waals surface area (Å²) in [7, 11) is 0. The van der Waals surface area contributed by atoms with E-state index in [1.807, 2.05) is 0 Å². The molecule has 0 aromatic carbocycles. The van der Waals surface area contributed by atoms with E-state index in [0.29, 0.717) is 17.8 Å². The van der Waals surface area contributed by atoms with Gasteiger partial charge in [-0.25, -0.2) is 0 Å². The SMILES string of the molecule is CC(C)C1(CNC(=O)CCCCBr)CC1. The average Bonchev–Trinajstić information content (AvgIpc) is 2.96. The maximum atomic E-state index is 11.5. The molecular weight excluding hydrogens is 254 g/mol. The van der Waals surface area contributed by atoms with Crippen molar-refractivity contribution in [1.29, 1.82) is 0 Å². The maximum Gasteiger partial charge on any atom is 0.220 e. The molecule has 0 aliphatic heterocycles. The molecule has 1 saturated carbocycles. The van der Waals surface area contributed by atoms with E-state index in [1.54, 1.807) is 0 Å². The second kappa shape index (κ2) is 5.88. The smallest absolute Gasteiger partial charge is 0.220 e. The van der Waals surface area contributed by atoms with Gasteiger partial charge in [0.15, 0.2) is 0 Å². The number of halogens is 1. The minimum Gasteiger partial charge on any atom is -0.356 e. The van der Waals surface area contributed by atoms with Gasteiger partial charge in [-0.2, -0.15) is 0 Å². The van der Waals surface area contributed by atoms with E-state index in [0.717, 1.165) is 24.7 Å². The van der Waals surface area contributed by atoms with Gasteiger partial charge in [-0.05, 0) is 37.0 Å². The first-order valence-corrected chi connectivity index (χ1v) is 7.05. The summed E-state index contributed by atoms with van der Waals surface area (Å²) in [6.07, 6.45) is 5.33. The zero-order valence-electron chi connectivity index (χ0n) is 9.81. The van der Waals surface area contributed by atoms with Crippen molar-refractivity contribution in [2.75, 3.05) is 11.9 Å². The van der Waals surface area contributed by atoms with Crippen molar-refractivity contribution < 1.29 is 4.79 Å². The molecule has 88 valence electrons. The highest BCUT2D eigenvalue weighted by atomic mass is 79.9. The third kappa shape index (κ3) is 4.13. The third-order valence-electron chi connectivity index (χ3n) is 3.54. The highest BCUT2D eigenvalue weighted by molar-refractivity contribution is 9.09. The van der Waals surface area contributed by atoms with Crippen LogP contribution >= 0.6 is 15.9 Å². The van der Waals surface area contributed by atoms with Crippen molar-refractivity contribution in [3.8, 4) is 0 Å². The Kier molecular flexibility index (Phi) is 5.10. The predicted molar refractivity (Wildman–Crippen MR) is 67.2 cm³/mol. The van der Waals surface area contributed by atoms with Crippen molar-refractivity contribution in [2.45, 2.75) is 46.0 Å². The minimum absolute atomic E-state index is 0.225. The highest BCUT2D eigenvalue weighted by Gasteiger charge is 2.45. The fourth-order valence-electron chi connectivity index (χ4n) is 1.86. The van der Waals surface area contributed by atoms with Crippen molar-refractivity contribution in [3.63, 3.8) is 0 Å². The predicted octanol–water partition coefficient (Wildman–Crippen LogP) is 3.10. The van der Waals surface area contributed by atoms with Crippen LogP contribution in [0, 0.1) is 11.3 Å². The zero-order valence-corrected chi connectivity index (χ0v) is 11.4. The van der Waals surface area contributed by atoms with Gasteiger partial charge in [0.1, 0.15) is 0 Å². The summed E-state index contributed by atoms with van der Waals surface area (Å²) >= 11 is 3.37. The molecule has 0 aromatic heterocycles. The molecule has 0 saturated heterocycles. The van der Waals surface area contributed by atoms with Crippen molar-refractivity contribution in [1.82, 2.24) is 5.32 Å². The molecule has 0 aromatic rings. The Bertz CT molecular complexity index is 212. The first-order valence-electron chi connectivity index (χ1n) is 5.93. The van der Waals surface area contributed by atoms with Gasteiger partial charge in [-0.1, -0.05) is 29.8 Å². The molecule has 0 unspecified atom stereocenters. The Morgan fingerprint density at radius 2 is 2.07 bits per heavy atom. The number of alkyl halides is 1. The number of unbranched alkanes of at least 4 members (excludes halogenated alkanes) is 1. The van der Waals surface area contributed by atoms with Crippen LogP contribution < -0.4 is 5.32 Å². The van der Waals surface area contributed by atoms with Crippen LogP contribution in [0.3, 0.4) is 0 Å². The lowest BCUT2D eigenvalue weighted by atomic mass is 9.92. The number of carbonyl (C=O) groups is 1. The van der Waals surface area contributed by atoms with Crippen molar-refractivity contribution >= 4 is 21.8 Å². The lowest BCUT2D eigenvalue weighted by Gasteiger charge is -2.19. The van der Waals surface area contributed by atoms with Crippen LogP contribution in [0.5, 0.6) is 0 Å². The van der Waals surface area contributed by atoms with Crippen LogP contribution in [0.15, 0.2) is 0 Å². The topological polar surface area (TPSA) is 29.1 Å². The molecular formula is C12H22BrNO. The number of amides is 1. The van der Waals surface area contributed by atoms with Crippen molar-refractivity contribution in [2.24, 2.45) is 11.3 Å². The van der Waals surface area contributed by atoms with Gasteiger partial charge >= 0.3 is 0 Å². The van der Waals surface area contributed by atoms with Crippen LogP contribution in [-0.2, 0) is 4.79 Å². The van der Waals surface area contributed by atoms with E-state index in [-0.39, 0.29) is 5.91 Å². The summed E-state index contributed by atoms with van der Waals surface area (Å²) in [5.74, 6) is 0.920. The minimum atomic E-state index is 0.225. The Morgan fingerprint density at radius 1 is 1.40 bits per heavy atom. The van der Waals surface area contributed by atoms with Gasteiger partial charge in [0.2, 0.25) is 5.91 Å². The molecule has 1 amide bonds. The van der Waals surface area contributed by atoms with Gasteiger partial charge in [0.05, 0.1) is 0 Å². The quantitative estimate of drug-likeness (QED) is 0.562. The third-order valence-corrected chi connectivity index (χ3v) is 4.10. The Morgan fingerprint density at radius 3 is 2.53 bits per heavy atom. The molecule has 0 spiro atoms. The average molecular weight is 276 g/mol. The Balaban J connectivity index is 2.12. The fourth-order valence-corrected chi connectivity index (χ4v) is 2.26. The first kappa shape index (κ1) is 13.0. The summed E-state index contributed by atoms with van der Waals surface area (Å²) < 4.78 is 0. The first-order chi connectivity index (χ1) is 7.10. The number of carbonyl (C=O) groups excluding carboxylic acids is 1. The van der Waals surface area contributed by atoms with E-state index in [1.165, 1.54) is 12.8 Å². The molecule has 2 nitrogen and oxygen atoms in total. The second-order valence-corrected chi connectivity index (χ2v) is 5.73. The number of rotatable bonds is 7. The Labute approximate surface area is 101 Å². The summed E-state index contributed by atoms with van der Waals surface area (Å²) in [5.41, 5.74) is 0.436. The van der Waals surface area contributed by atoms with E-state index in [2.05, 4.69) is 35.1 Å². The lowest BCUT2D eigenvalue weighted by Crippen LogP contribution is -2.32. The second-order valence-electron chi connectivity index (χ2n) is 4.94. The van der Waals surface area contributed by atoms with E-state index < -0.39 is 0 Å². The largest absolute Gasteiger partial charge is 0.356 e. The molecule has 0 heterocycles. The molecule has 0 radical (unpaired) electrons. The number of hydrogen-bond acceptors (Lipinski definition) is 1. The van der Waals surface area contributed by atoms with Gasteiger partial charge in [-0.15, -0.1) is 0 Å². The summed E-state index contributed by atoms with van der Waals surface area (Å²) in [6, 6.07) is 0. The van der Waals surface area contributed by atoms with Gasteiger partial charge in [0.25, 0.3) is 0 Å². The molecule has 1 N–H and O–H groups in total. The van der Waals surface area contributed by atoms with Crippen LogP contribution in [0.1, 0.15) is 46.0 Å². The normalized spacial score (nSPS) is 17.9. The maximum absolute atomic E-state index is 11.5. The summed E-state index contributed by atoms with van der Waals surface area (Å²) in [4.78, 5) is 11.5. The number of nitrogens with one attached hydrogen (secondary N) is 1. The Hall–Kier alpha value is -0.0500. The molecule has 15 heavy (non-hydrogen) atoms. The van der Waals surface area contributed by atoms with Gasteiger partial charge < -0.3 is 5.32 Å². The number of hydrogen-bond donors (Lipinski definition) is 1. The van der Waals surface area contributed by atoms with E-state index in [9.17, 15) is 4.79 Å². The van der Waals surface area contributed by atoms with Crippen LogP contribution in [-0.4, -0.2) is 17.8 Å². The zero-order chi connectivity index (χ0) is 11.3. The lowest BCUT2D eigenvalue weighted by molar-refractivity contribution is -0.121. The van der Waals surface area contributed by atoms with Crippen LogP contribution in [0.4, 0.5) is 0 Å². The molecule has 1 fully saturated rings. The molecule has 3 heteroatoms. The molecule has 0 bridgehead atoms. The van der Waals surface area contributed by atoms with Gasteiger partial charge in [-0.3, -0.25) is 4.79 Å². The summed E-state index contributed by atoms with van der Waals surface area (Å²) in [6.45, 7) is 5.39. The van der Waals surface area contributed by atoms with E-state index in [4.69, 9.17) is 0 Å². The summed E-state index contributed by atoms with van der Waals surface area (Å²) in [5, 5.41) is 4.07. The standard InChI is InChI=1S/C12H22BrNO/c1-10(2)12(6-7-12)9-14-11(15)5-3-4-8-13/h10H,3-9H2,1-2H3,(H,14,15). The molecule has 0 atom stereocenters. The van der Waals surface area contributed by atoms with Crippen molar-refractivity contribution in [3.05, 3.63) is 0 Å². The molecule has 1 rings (SSSR count). The monoisotopic (exact) mass is 275 g/mol. The van der Waals surface area contributed by atoms with Gasteiger partial charge in [0, 0.05) is 18.3 Å². The fraction of sp³-hybridized carbons (Fsp3) is 0.917. The van der Waals surface area contributed by atoms with E-state index >= 15 is 0 Å². The van der Waals surface area contributed by atoms with Crippen LogP contribution in [0.2, 0.25) is 0 Å².